The van der Waals surface area contributed by atoms with Crippen molar-refractivity contribution in [3.05, 3.63) is 62.4 Å². The van der Waals surface area contributed by atoms with E-state index in [2.05, 4.69) is 35.9 Å². The van der Waals surface area contributed by atoms with Crippen molar-refractivity contribution in [2.45, 2.75) is 65.6 Å². The average Bonchev–Trinajstić information content (AvgIpc) is 3.04. The highest BCUT2D eigenvalue weighted by Crippen LogP contribution is 2.61. The summed E-state index contributed by atoms with van der Waals surface area (Å²) < 4.78 is 1.72. The number of guanidine groups is 1. The van der Waals surface area contributed by atoms with Crippen LogP contribution in [-0.2, 0) is 17.8 Å². The van der Waals surface area contributed by atoms with Crippen molar-refractivity contribution in [2.24, 2.45) is 28.2 Å². The van der Waals surface area contributed by atoms with Gasteiger partial charge in [0.15, 0.2) is 5.96 Å². The number of likely N-dealkylation sites (tertiary alicyclic amines) is 1. The van der Waals surface area contributed by atoms with E-state index < -0.39 is 0 Å². The molecule has 2 bridgehead atoms. The van der Waals surface area contributed by atoms with Gasteiger partial charge in [-0.1, -0.05) is 56.1 Å². The fourth-order valence-electron chi connectivity index (χ4n) is 8.33. The largest absolute Gasteiger partial charge is 0.389 e. The number of hydrogen-bond donors (Lipinski definition) is 2. The highest BCUT2D eigenvalue weighted by molar-refractivity contribution is 6.42. The smallest absolute Gasteiger partial charge is 0.262 e. The summed E-state index contributed by atoms with van der Waals surface area (Å²) in [5.41, 5.74) is 2.48. The van der Waals surface area contributed by atoms with E-state index in [0.717, 1.165) is 23.6 Å². The summed E-state index contributed by atoms with van der Waals surface area (Å²) >= 11 is 12.8. The van der Waals surface area contributed by atoms with E-state index in [1.54, 1.807) is 17.6 Å². The van der Waals surface area contributed by atoms with E-state index in [9.17, 15) is 14.7 Å². The summed E-state index contributed by atoms with van der Waals surface area (Å²) in [6, 6.07) is 11.4. The first-order valence-corrected chi connectivity index (χ1v) is 17.9. The summed E-state index contributed by atoms with van der Waals surface area (Å²) in [5.74, 6) is 3.23. The molecule has 2 aromatic carbocycles. The lowest BCUT2D eigenvalue weighted by Gasteiger charge is -2.61. The molecule has 3 aromatic rings. The second-order valence-electron chi connectivity index (χ2n) is 14.7. The molecule has 2 N–H and O–H groups in total. The number of aliphatic hydroxyl groups is 1. The second-order valence-corrected chi connectivity index (χ2v) is 15.5. The van der Waals surface area contributed by atoms with Crippen LogP contribution in [0.1, 0.15) is 46.1 Å². The fourth-order valence-corrected chi connectivity index (χ4v) is 8.74. The van der Waals surface area contributed by atoms with Crippen LogP contribution in [0.5, 0.6) is 0 Å². The van der Waals surface area contributed by atoms with Crippen LogP contribution in [0.25, 0.3) is 10.9 Å². The number of aromatic nitrogens is 2. The van der Waals surface area contributed by atoms with Crippen molar-refractivity contribution in [3.8, 4) is 0 Å². The molecule has 0 spiro atoms. The number of β-amino-alcohol motifs (C(OH)–C–C–N with tert-alkyl or cyclic N) is 1. The number of aliphatic imine (C=N–C) groups is 1. The molecule has 5 aliphatic rings. The number of halogens is 2. The third-order valence-corrected chi connectivity index (χ3v) is 12.5. The van der Waals surface area contributed by atoms with Crippen LogP contribution in [0.15, 0.2) is 46.2 Å². The standard InChI is InChI=1S/C36H45Cl2N7O3/c1-21-28-16-24(36(28,3)4)17-30(21)40-34(44-19-26(47)20-44)39-25-8-9-27-31(18-25)41-35(43-14-12-42(13-15-43)22(2)46)45(33(27)48)11-10-23-6-5-7-29(37)32(23)38/h5-9,18,21,24,26,28,30,47H,10-17,19-20H2,1-4H3,(H,39,40)/t21-,24-,28+,30-/m0/s1. The normalized spacial score (nSPS) is 25.6. The molecule has 48 heavy (non-hydrogen) atoms. The monoisotopic (exact) mass is 693 g/mol. The Balaban J connectivity index is 1.21. The van der Waals surface area contributed by atoms with Gasteiger partial charge in [0.05, 0.1) is 33.1 Å². The summed E-state index contributed by atoms with van der Waals surface area (Å²) in [5, 5.41) is 15.2. The van der Waals surface area contributed by atoms with Gasteiger partial charge in [0.2, 0.25) is 11.9 Å². The van der Waals surface area contributed by atoms with E-state index in [-0.39, 0.29) is 23.6 Å². The number of hydrogen-bond acceptors (Lipinski definition) is 6. The third-order valence-electron chi connectivity index (χ3n) is 11.6. The quantitative estimate of drug-likeness (QED) is 0.273. The molecule has 4 atom stereocenters. The van der Waals surface area contributed by atoms with Crippen LogP contribution < -0.4 is 15.8 Å². The third kappa shape index (κ3) is 6.05. The van der Waals surface area contributed by atoms with Crippen molar-refractivity contribution in [3.63, 3.8) is 0 Å². The Bertz CT molecular complexity index is 1810. The molecule has 3 heterocycles. The molecule has 10 nitrogen and oxygen atoms in total. The number of carbonyl (C=O) groups excluding carboxylic acids is 1. The molecule has 12 heteroatoms. The summed E-state index contributed by atoms with van der Waals surface area (Å²) in [4.78, 5) is 42.6. The molecule has 1 aromatic heterocycles. The molecule has 256 valence electrons. The number of anilines is 2. The molecule has 1 amide bonds. The van der Waals surface area contributed by atoms with Gasteiger partial charge in [0.1, 0.15) is 0 Å². The molecular formula is C36H45Cl2N7O3. The molecule has 3 aliphatic carbocycles. The number of aliphatic hydroxyl groups excluding tert-OH is 1. The van der Waals surface area contributed by atoms with Crippen molar-refractivity contribution in [2.75, 3.05) is 49.5 Å². The number of nitrogens with one attached hydrogen (secondary N) is 1. The Labute approximate surface area is 291 Å². The Morgan fingerprint density at radius 1 is 1.08 bits per heavy atom. The van der Waals surface area contributed by atoms with E-state index in [1.807, 2.05) is 35.2 Å². The number of nitrogens with zero attached hydrogens (tertiary/aromatic N) is 6. The van der Waals surface area contributed by atoms with Gasteiger partial charge in [0, 0.05) is 58.4 Å². The SMILES string of the molecule is CC(=O)N1CCN(c2nc3cc(NC(=N[C@H]4C[C@@H]5C[C@H]([C@@H]4C)C5(C)C)N4CC(O)C4)ccc3c(=O)n2CCc2cccc(Cl)c2Cl)CC1. The lowest BCUT2D eigenvalue weighted by molar-refractivity contribution is -0.129. The van der Waals surface area contributed by atoms with Crippen molar-refractivity contribution >= 4 is 57.6 Å². The molecule has 8 rings (SSSR count). The first-order valence-electron chi connectivity index (χ1n) is 17.2. The lowest BCUT2D eigenvalue weighted by atomic mass is 9.45. The van der Waals surface area contributed by atoms with Gasteiger partial charge in [-0.05, 0) is 72.3 Å². The molecular weight excluding hydrogens is 649 g/mol. The Morgan fingerprint density at radius 3 is 2.50 bits per heavy atom. The zero-order valence-corrected chi connectivity index (χ0v) is 29.6. The minimum Gasteiger partial charge on any atom is -0.389 e. The fraction of sp³-hybridized carbons (Fsp3) is 0.556. The van der Waals surface area contributed by atoms with Crippen molar-refractivity contribution < 1.29 is 9.90 Å². The molecule has 2 aliphatic heterocycles. The van der Waals surface area contributed by atoms with Gasteiger partial charge in [-0.2, -0.15) is 0 Å². The predicted molar refractivity (Wildman–Crippen MR) is 192 cm³/mol. The number of benzene rings is 2. The highest BCUT2D eigenvalue weighted by atomic mass is 35.5. The van der Waals surface area contributed by atoms with Crippen LogP contribution in [0.3, 0.4) is 0 Å². The van der Waals surface area contributed by atoms with Crippen LogP contribution in [0.4, 0.5) is 11.6 Å². The topological polar surface area (TPSA) is 106 Å². The minimum atomic E-state index is -0.363. The van der Waals surface area contributed by atoms with Gasteiger partial charge in [0.25, 0.3) is 5.56 Å². The van der Waals surface area contributed by atoms with Crippen molar-refractivity contribution in [1.82, 2.24) is 19.4 Å². The number of rotatable bonds is 6. The van der Waals surface area contributed by atoms with E-state index in [4.69, 9.17) is 33.2 Å². The minimum absolute atomic E-state index is 0.0420. The van der Waals surface area contributed by atoms with Crippen molar-refractivity contribution in [1.29, 1.82) is 0 Å². The maximum atomic E-state index is 14.1. The zero-order chi connectivity index (χ0) is 33.9. The van der Waals surface area contributed by atoms with E-state index in [0.29, 0.717) is 102 Å². The van der Waals surface area contributed by atoms with Crippen LogP contribution in [0.2, 0.25) is 10.0 Å². The lowest BCUT2D eigenvalue weighted by Crippen LogP contribution is -2.58. The summed E-state index contributed by atoms with van der Waals surface area (Å²) in [7, 11) is 0. The average molecular weight is 695 g/mol. The maximum Gasteiger partial charge on any atom is 0.262 e. The van der Waals surface area contributed by atoms with Crippen LogP contribution >= 0.6 is 23.2 Å². The predicted octanol–water partition coefficient (Wildman–Crippen LogP) is 5.13. The van der Waals surface area contributed by atoms with Crippen LogP contribution in [-0.4, -0.2) is 87.7 Å². The second kappa shape index (κ2) is 12.8. The maximum absolute atomic E-state index is 14.1. The van der Waals surface area contributed by atoms with E-state index >= 15 is 0 Å². The first kappa shape index (κ1) is 33.2. The summed E-state index contributed by atoms with van der Waals surface area (Å²) in [6.45, 7) is 12.4. The molecule has 5 fully saturated rings. The number of aryl methyl sites for hydroxylation is 1. The molecule has 3 saturated carbocycles. The Morgan fingerprint density at radius 2 is 1.83 bits per heavy atom. The summed E-state index contributed by atoms with van der Waals surface area (Å²) in [6.07, 6.45) is 2.51. The van der Waals surface area contributed by atoms with Gasteiger partial charge in [-0.25, -0.2) is 9.98 Å². The van der Waals surface area contributed by atoms with Gasteiger partial charge >= 0.3 is 0 Å². The van der Waals surface area contributed by atoms with Gasteiger partial charge in [-0.15, -0.1) is 0 Å². The van der Waals surface area contributed by atoms with Gasteiger partial charge in [-0.3, -0.25) is 14.2 Å². The zero-order valence-electron chi connectivity index (χ0n) is 28.1. The number of fused-ring (bicyclic) bond motifs is 3. The number of amides is 1. The number of piperazine rings is 1. The number of carbonyl (C=O) groups is 1. The first-order chi connectivity index (χ1) is 22.9. The molecule has 0 unspecified atom stereocenters. The molecule has 0 radical (unpaired) electrons. The Kier molecular flexibility index (Phi) is 8.87. The highest BCUT2D eigenvalue weighted by Gasteiger charge is 2.56. The molecule has 2 saturated heterocycles. The van der Waals surface area contributed by atoms with Gasteiger partial charge < -0.3 is 25.1 Å². The van der Waals surface area contributed by atoms with E-state index in [1.165, 1.54) is 6.42 Å². The van der Waals surface area contributed by atoms with Crippen LogP contribution in [0, 0.1) is 23.2 Å². The Hall–Kier alpha value is -3.34.